The van der Waals surface area contributed by atoms with Crippen LogP contribution in [0.3, 0.4) is 0 Å². The first-order chi connectivity index (χ1) is 14.7. The zero-order valence-corrected chi connectivity index (χ0v) is 18.6. The number of hydrogen-bond donors (Lipinski definition) is 2. The van der Waals surface area contributed by atoms with Crippen molar-refractivity contribution in [1.29, 1.82) is 0 Å². The van der Waals surface area contributed by atoms with E-state index in [1.807, 2.05) is 12.1 Å². The van der Waals surface area contributed by atoms with E-state index in [4.69, 9.17) is 0 Å². The Labute approximate surface area is 182 Å². The van der Waals surface area contributed by atoms with E-state index in [2.05, 4.69) is 31.2 Å². The van der Waals surface area contributed by atoms with Gasteiger partial charge in [0.2, 0.25) is 0 Å². The summed E-state index contributed by atoms with van der Waals surface area (Å²) in [5.41, 5.74) is 4.94. The summed E-state index contributed by atoms with van der Waals surface area (Å²) in [7, 11) is 0. The standard InChI is InChI=1S/C28H38O2/c1-2-9-24(22-14-16-27(29)25(18-22)20-10-5-3-6-11-20)23-15-17-28(30)26(19-23)21-12-7-4-8-13-21/h14-21,24,29-30H,2-13H2,1H3. The fraction of sp³-hybridized carbons (Fsp3) is 0.571. The maximum absolute atomic E-state index is 10.6. The van der Waals surface area contributed by atoms with Crippen LogP contribution in [0.25, 0.3) is 0 Å². The van der Waals surface area contributed by atoms with E-state index in [1.165, 1.54) is 75.3 Å². The highest BCUT2D eigenvalue weighted by Crippen LogP contribution is 2.42. The Kier molecular flexibility index (Phi) is 7.02. The summed E-state index contributed by atoms with van der Waals surface area (Å²) >= 11 is 0. The van der Waals surface area contributed by atoms with E-state index in [9.17, 15) is 10.2 Å². The first-order valence-corrected chi connectivity index (χ1v) is 12.3. The van der Waals surface area contributed by atoms with Gasteiger partial charge in [0.1, 0.15) is 11.5 Å². The normalized spacial score (nSPS) is 18.7. The third kappa shape index (κ3) is 4.68. The van der Waals surface area contributed by atoms with Crippen molar-refractivity contribution < 1.29 is 10.2 Å². The van der Waals surface area contributed by atoms with Gasteiger partial charge in [-0.15, -0.1) is 0 Å². The van der Waals surface area contributed by atoms with Gasteiger partial charge in [0.15, 0.2) is 0 Å². The second kappa shape index (κ2) is 9.90. The summed E-state index contributed by atoms with van der Waals surface area (Å²) in [6.07, 6.45) is 14.7. The predicted molar refractivity (Wildman–Crippen MR) is 125 cm³/mol. The Morgan fingerprint density at radius 3 is 1.53 bits per heavy atom. The monoisotopic (exact) mass is 406 g/mol. The molecule has 2 nitrogen and oxygen atoms in total. The van der Waals surface area contributed by atoms with Crippen molar-refractivity contribution in [3.05, 3.63) is 58.7 Å². The van der Waals surface area contributed by atoms with Gasteiger partial charge in [-0.05, 0) is 78.3 Å². The van der Waals surface area contributed by atoms with Crippen molar-refractivity contribution >= 4 is 0 Å². The van der Waals surface area contributed by atoms with E-state index in [1.54, 1.807) is 0 Å². The fourth-order valence-corrected chi connectivity index (χ4v) is 5.88. The van der Waals surface area contributed by atoms with E-state index >= 15 is 0 Å². The van der Waals surface area contributed by atoms with E-state index < -0.39 is 0 Å². The Morgan fingerprint density at radius 2 is 1.13 bits per heavy atom. The summed E-state index contributed by atoms with van der Waals surface area (Å²) in [6.45, 7) is 2.25. The Bertz CT molecular complexity index is 761. The summed E-state index contributed by atoms with van der Waals surface area (Å²) in [5.74, 6) is 2.25. The molecule has 2 fully saturated rings. The third-order valence-corrected chi connectivity index (χ3v) is 7.58. The molecule has 2 aromatic rings. The van der Waals surface area contributed by atoms with Crippen molar-refractivity contribution in [2.24, 2.45) is 0 Å². The van der Waals surface area contributed by atoms with Gasteiger partial charge in [-0.2, -0.15) is 0 Å². The molecule has 2 aromatic carbocycles. The largest absolute Gasteiger partial charge is 0.508 e. The van der Waals surface area contributed by atoms with E-state index in [0.29, 0.717) is 29.3 Å². The first kappa shape index (κ1) is 21.3. The predicted octanol–water partition coefficient (Wildman–Crippen LogP) is 8.13. The molecule has 0 heterocycles. The average Bonchev–Trinajstić information content (AvgIpc) is 2.80. The van der Waals surface area contributed by atoms with Crippen LogP contribution in [-0.2, 0) is 0 Å². The Balaban J connectivity index is 1.67. The summed E-state index contributed by atoms with van der Waals surface area (Å²) in [4.78, 5) is 0. The van der Waals surface area contributed by atoms with Crippen LogP contribution in [0, 0.1) is 0 Å². The molecular weight excluding hydrogens is 368 g/mol. The molecule has 0 aliphatic heterocycles. The number of phenols is 2. The van der Waals surface area contributed by atoms with Crippen LogP contribution in [0.2, 0.25) is 0 Å². The molecule has 0 amide bonds. The zero-order valence-electron chi connectivity index (χ0n) is 18.6. The zero-order chi connectivity index (χ0) is 20.9. The van der Waals surface area contributed by atoms with Gasteiger partial charge in [-0.3, -0.25) is 0 Å². The lowest BCUT2D eigenvalue weighted by atomic mass is 9.79. The molecule has 2 heteroatoms. The summed E-state index contributed by atoms with van der Waals surface area (Å²) in [6, 6.07) is 12.7. The molecule has 2 aliphatic carbocycles. The van der Waals surface area contributed by atoms with Crippen molar-refractivity contribution in [3.63, 3.8) is 0 Å². The van der Waals surface area contributed by atoms with E-state index in [-0.39, 0.29) is 0 Å². The van der Waals surface area contributed by atoms with Gasteiger partial charge < -0.3 is 10.2 Å². The van der Waals surface area contributed by atoms with Gasteiger partial charge in [0, 0.05) is 5.92 Å². The van der Waals surface area contributed by atoms with E-state index in [0.717, 1.165) is 24.0 Å². The number of phenolic OH excluding ortho intramolecular Hbond substituents is 2. The second-order valence-corrected chi connectivity index (χ2v) is 9.65. The quantitative estimate of drug-likeness (QED) is 0.508. The van der Waals surface area contributed by atoms with Gasteiger partial charge >= 0.3 is 0 Å². The maximum Gasteiger partial charge on any atom is 0.119 e. The van der Waals surface area contributed by atoms with Gasteiger partial charge in [0.25, 0.3) is 0 Å². The number of rotatable bonds is 6. The molecule has 2 N–H and O–H groups in total. The highest BCUT2D eigenvalue weighted by atomic mass is 16.3. The first-order valence-electron chi connectivity index (χ1n) is 12.3. The van der Waals surface area contributed by atoms with Crippen molar-refractivity contribution in [1.82, 2.24) is 0 Å². The van der Waals surface area contributed by atoms with Crippen LogP contribution < -0.4 is 0 Å². The van der Waals surface area contributed by atoms with Crippen LogP contribution in [0.1, 0.15) is 124 Å². The molecule has 4 rings (SSSR count). The van der Waals surface area contributed by atoms with Crippen molar-refractivity contribution in [3.8, 4) is 11.5 Å². The second-order valence-electron chi connectivity index (χ2n) is 9.65. The van der Waals surface area contributed by atoms with Crippen LogP contribution in [0.5, 0.6) is 11.5 Å². The molecule has 162 valence electrons. The topological polar surface area (TPSA) is 40.5 Å². The molecule has 0 atom stereocenters. The van der Waals surface area contributed by atoms with Crippen LogP contribution in [0.4, 0.5) is 0 Å². The number of aromatic hydroxyl groups is 2. The molecular formula is C28H38O2. The molecule has 0 spiro atoms. The van der Waals surface area contributed by atoms with Gasteiger partial charge in [-0.1, -0.05) is 76.1 Å². The highest BCUT2D eigenvalue weighted by Gasteiger charge is 2.24. The molecule has 2 saturated carbocycles. The van der Waals surface area contributed by atoms with Gasteiger partial charge in [-0.25, -0.2) is 0 Å². The van der Waals surface area contributed by atoms with Crippen molar-refractivity contribution in [2.45, 2.75) is 102 Å². The lowest BCUT2D eigenvalue weighted by Gasteiger charge is -2.26. The molecule has 0 saturated heterocycles. The fourth-order valence-electron chi connectivity index (χ4n) is 5.88. The van der Waals surface area contributed by atoms with Crippen molar-refractivity contribution in [2.75, 3.05) is 0 Å². The number of hydrogen-bond acceptors (Lipinski definition) is 2. The lowest BCUT2D eigenvalue weighted by molar-refractivity contribution is 0.413. The SMILES string of the molecule is CCCC(c1ccc(O)c(C2CCCCC2)c1)c1ccc(O)c(C2CCCCC2)c1. The Hall–Kier alpha value is -1.96. The molecule has 0 radical (unpaired) electrons. The molecule has 30 heavy (non-hydrogen) atoms. The highest BCUT2D eigenvalue weighted by molar-refractivity contribution is 5.46. The summed E-state index contributed by atoms with van der Waals surface area (Å²) < 4.78 is 0. The molecule has 0 bridgehead atoms. The van der Waals surface area contributed by atoms with Crippen LogP contribution in [-0.4, -0.2) is 10.2 Å². The smallest absolute Gasteiger partial charge is 0.119 e. The molecule has 0 unspecified atom stereocenters. The molecule has 0 aromatic heterocycles. The minimum Gasteiger partial charge on any atom is -0.508 e. The Morgan fingerprint density at radius 1 is 0.700 bits per heavy atom. The maximum atomic E-state index is 10.6. The van der Waals surface area contributed by atoms with Crippen LogP contribution >= 0.6 is 0 Å². The van der Waals surface area contributed by atoms with Gasteiger partial charge in [0.05, 0.1) is 0 Å². The third-order valence-electron chi connectivity index (χ3n) is 7.58. The molecule has 2 aliphatic rings. The lowest BCUT2D eigenvalue weighted by Crippen LogP contribution is -2.09. The van der Waals surface area contributed by atoms with Crippen LogP contribution in [0.15, 0.2) is 36.4 Å². The summed E-state index contributed by atoms with van der Waals surface area (Å²) in [5, 5.41) is 21.2. The average molecular weight is 407 g/mol. The number of benzene rings is 2. The minimum atomic E-state index is 0.320. The minimum absolute atomic E-state index is 0.320.